The van der Waals surface area contributed by atoms with Crippen LogP contribution in [-0.4, -0.2) is 75.0 Å². The molecule has 0 unspecified atom stereocenters. The number of likely N-dealkylation sites (tertiary alicyclic amines) is 1. The maximum absolute atomic E-state index is 11.2. The summed E-state index contributed by atoms with van der Waals surface area (Å²) in [5, 5.41) is 9.47. The third-order valence-electron chi connectivity index (χ3n) is 6.64. The molecule has 0 amide bonds. The van der Waals surface area contributed by atoms with Crippen molar-refractivity contribution in [2.75, 3.05) is 62.2 Å². The molecule has 2 aromatic rings. The Hall–Kier alpha value is -3.06. The van der Waals surface area contributed by atoms with Gasteiger partial charge in [0.25, 0.3) is 0 Å². The first-order valence-corrected chi connectivity index (χ1v) is 13.2. The molecule has 0 aliphatic carbocycles. The van der Waals surface area contributed by atoms with Gasteiger partial charge >= 0.3 is 0 Å². The highest BCUT2D eigenvalue weighted by atomic mass is 16.5. The van der Waals surface area contributed by atoms with E-state index in [1.807, 2.05) is 38.1 Å². The fraction of sp³-hybridized carbons (Fsp3) is 0.517. The highest BCUT2D eigenvalue weighted by molar-refractivity contribution is 5.81. The van der Waals surface area contributed by atoms with Crippen LogP contribution in [0.4, 0.5) is 11.4 Å². The number of ether oxygens (including phenoxy) is 1. The summed E-state index contributed by atoms with van der Waals surface area (Å²) in [6, 6.07) is 10.9. The third kappa shape index (κ3) is 8.55. The summed E-state index contributed by atoms with van der Waals surface area (Å²) in [6.07, 6.45) is 5.45. The fourth-order valence-corrected chi connectivity index (χ4v) is 4.42. The van der Waals surface area contributed by atoms with Crippen LogP contribution in [-0.2, 0) is 0 Å². The van der Waals surface area contributed by atoms with Crippen LogP contribution >= 0.6 is 0 Å². The molecular weight excluding hydrogens is 454 g/mol. The van der Waals surface area contributed by atoms with E-state index in [-0.39, 0.29) is 5.75 Å². The summed E-state index contributed by atoms with van der Waals surface area (Å²) in [6.45, 7) is 16.0. The fourth-order valence-electron chi connectivity index (χ4n) is 4.42. The van der Waals surface area contributed by atoms with E-state index in [1.54, 1.807) is 12.1 Å². The number of aromatic hydroxyl groups is 1. The van der Waals surface area contributed by atoms with Gasteiger partial charge in [0.1, 0.15) is 18.1 Å². The Morgan fingerprint density at radius 2 is 1.33 bits per heavy atom. The minimum Gasteiger partial charge on any atom is -0.507 e. The summed E-state index contributed by atoms with van der Waals surface area (Å²) >= 11 is 0. The number of hydrogen-bond acceptors (Lipinski definition) is 7. The van der Waals surface area contributed by atoms with E-state index in [9.17, 15) is 14.7 Å². The van der Waals surface area contributed by atoms with Crippen LogP contribution in [0.15, 0.2) is 36.4 Å². The molecule has 0 atom stereocenters. The lowest BCUT2D eigenvalue weighted by molar-refractivity contribution is 0.111. The number of nitrogens with zero attached hydrogens (tertiary/aromatic N) is 3. The Kier molecular flexibility index (Phi) is 12.8. The molecule has 0 bridgehead atoms. The number of piperidine rings is 1. The molecule has 1 N–H and O–H groups in total. The highest BCUT2D eigenvalue weighted by Crippen LogP contribution is 2.25. The lowest BCUT2D eigenvalue weighted by atomic mass is 10.1. The second-order valence-corrected chi connectivity index (χ2v) is 8.80. The molecule has 1 heterocycles. The first kappa shape index (κ1) is 29.2. The summed E-state index contributed by atoms with van der Waals surface area (Å²) in [5.41, 5.74) is 3.03. The molecule has 0 spiro atoms. The van der Waals surface area contributed by atoms with Gasteiger partial charge in [-0.15, -0.1) is 0 Å². The number of rotatable bonds is 12. The maximum Gasteiger partial charge on any atom is 0.153 e. The average molecular weight is 498 g/mol. The van der Waals surface area contributed by atoms with Crippen molar-refractivity contribution in [2.24, 2.45) is 0 Å². The zero-order chi connectivity index (χ0) is 26.3. The van der Waals surface area contributed by atoms with Gasteiger partial charge in [0.15, 0.2) is 12.6 Å². The van der Waals surface area contributed by atoms with E-state index in [2.05, 4.69) is 28.5 Å². The number of carbonyl (C=O) groups excluding carboxylic acids is 2. The molecule has 1 aliphatic rings. The van der Waals surface area contributed by atoms with Gasteiger partial charge in [-0.2, -0.15) is 0 Å². The van der Waals surface area contributed by atoms with E-state index in [1.165, 1.54) is 32.4 Å². The van der Waals surface area contributed by atoms with Crippen molar-refractivity contribution in [1.29, 1.82) is 0 Å². The summed E-state index contributed by atoms with van der Waals surface area (Å²) in [5.74, 6) is 0.751. The van der Waals surface area contributed by atoms with Crippen LogP contribution in [0.3, 0.4) is 0 Å². The Morgan fingerprint density at radius 1 is 0.806 bits per heavy atom. The Morgan fingerprint density at radius 3 is 1.83 bits per heavy atom. The van der Waals surface area contributed by atoms with Crippen molar-refractivity contribution in [1.82, 2.24) is 4.90 Å². The zero-order valence-electron chi connectivity index (χ0n) is 22.4. The van der Waals surface area contributed by atoms with E-state index < -0.39 is 0 Å². The molecule has 1 saturated heterocycles. The van der Waals surface area contributed by atoms with Crippen molar-refractivity contribution in [3.8, 4) is 11.5 Å². The van der Waals surface area contributed by atoms with Gasteiger partial charge in [-0.25, -0.2) is 0 Å². The molecular formula is C29H43N3O4. The molecule has 3 rings (SSSR count). The normalized spacial score (nSPS) is 13.3. The number of anilines is 2. The standard InChI is InChI=1S/C18H28N2O2.C11H15NO2/c1-3-20(4-2)17-9-8-16(15-21)18(14-17)22-13-12-19-10-6-5-7-11-19;1-3-12(4-2)10-6-5-9(8-13)11(14)7-10/h8-9,14-15H,3-7,10-13H2,1-2H3;5-8,14H,3-4H2,1-2H3. The van der Waals surface area contributed by atoms with Crippen molar-refractivity contribution < 1.29 is 19.4 Å². The van der Waals surface area contributed by atoms with Gasteiger partial charge in [-0.1, -0.05) is 6.42 Å². The second-order valence-electron chi connectivity index (χ2n) is 8.80. The molecule has 7 nitrogen and oxygen atoms in total. The SMILES string of the molecule is CCN(CC)c1ccc(C=O)c(O)c1.CCN(CC)c1ccc(C=O)c(OCCN2CCCCC2)c1. The molecule has 2 aromatic carbocycles. The lowest BCUT2D eigenvalue weighted by Crippen LogP contribution is -2.33. The largest absolute Gasteiger partial charge is 0.507 e. The van der Waals surface area contributed by atoms with Crippen LogP contribution in [0, 0.1) is 0 Å². The van der Waals surface area contributed by atoms with Crippen molar-refractivity contribution in [2.45, 2.75) is 47.0 Å². The van der Waals surface area contributed by atoms with Crippen LogP contribution in [0.2, 0.25) is 0 Å². The van der Waals surface area contributed by atoms with Gasteiger partial charge in [0.05, 0.1) is 11.1 Å². The van der Waals surface area contributed by atoms with Gasteiger partial charge in [0, 0.05) is 56.2 Å². The van der Waals surface area contributed by atoms with Crippen molar-refractivity contribution >= 4 is 23.9 Å². The number of benzene rings is 2. The Labute approximate surface area is 216 Å². The smallest absolute Gasteiger partial charge is 0.153 e. The first-order chi connectivity index (χ1) is 17.5. The summed E-state index contributed by atoms with van der Waals surface area (Å²) in [4.78, 5) is 28.5. The van der Waals surface area contributed by atoms with Crippen molar-refractivity contribution in [3.63, 3.8) is 0 Å². The average Bonchev–Trinajstić information content (AvgIpc) is 2.91. The molecule has 198 valence electrons. The molecule has 7 heteroatoms. The molecule has 0 aromatic heterocycles. The summed E-state index contributed by atoms with van der Waals surface area (Å²) < 4.78 is 5.91. The number of phenolic OH excluding ortho intramolecular Hbond substituents is 1. The van der Waals surface area contributed by atoms with E-state index in [4.69, 9.17) is 4.74 Å². The number of hydrogen-bond donors (Lipinski definition) is 1. The minimum absolute atomic E-state index is 0.0457. The van der Waals surface area contributed by atoms with Crippen LogP contribution in [0.1, 0.15) is 67.7 Å². The lowest BCUT2D eigenvalue weighted by Gasteiger charge is -2.26. The number of phenols is 1. The third-order valence-corrected chi connectivity index (χ3v) is 6.64. The summed E-state index contributed by atoms with van der Waals surface area (Å²) in [7, 11) is 0. The molecule has 36 heavy (non-hydrogen) atoms. The second kappa shape index (κ2) is 15.8. The van der Waals surface area contributed by atoms with E-state index >= 15 is 0 Å². The van der Waals surface area contributed by atoms with Gasteiger partial charge in [0.2, 0.25) is 0 Å². The maximum atomic E-state index is 11.2. The molecule has 0 saturated carbocycles. The van der Waals surface area contributed by atoms with Gasteiger partial charge < -0.3 is 19.6 Å². The van der Waals surface area contributed by atoms with Gasteiger partial charge in [-0.3, -0.25) is 14.5 Å². The van der Waals surface area contributed by atoms with Crippen LogP contribution in [0.5, 0.6) is 11.5 Å². The van der Waals surface area contributed by atoms with Crippen molar-refractivity contribution in [3.05, 3.63) is 47.5 Å². The zero-order valence-corrected chi connectivity index (χ0v) is 22.4. The molecule has 0 radical (unpaired) electrons. The van der Waals surface area contributed by atoms with Crippen LogP contribution in [0.25, 0.3) is 0 Å². The predicted octanol–water partition coefficient (Wildman–Crippen LogP) is 5.26. The Bertz CT molecular complexity index is 936. The minimum atomic E-state index is 0.0457. The number of carbonyl (C=O) groups is 2. The van der Waals surface area contributed by atoms with E-state index in [0.717, 1.165) is 50.4 Å². The number of aldehydes is 2. The first-order valence-electron chi connectivity index (χ1n) is 13.2. The monoisotopic (exact) mass is 497 g/mol. The topological polar surface area (TPSA) is 73.3 Å². The van der Waals surface area contributed by atoms with E-state index in [0.29, 0.717) is 29.8 Å². The molecule has 1 fully saturated rings. The van der Waals surface area contributed by atoms with Crippen LogP contribution < -0.4 is 14.5 Å². The Balaban J connectivity index is 0.000000281. The van der Waals surface area contributed by atoms with Gasteiger partial charge in [-0.05, 0) is 77.9 Å². The highest BCUT2D eigenvalue weighted by Gasteiger charge is 2.12. The predicted molar refractivity (Wildman–Crippen MR) is 148 cm³/mol. The molecule has 1 aliphatic heterocycles. The quantitative estimate of drug-likeness (QED) is 0.401.